The molecule has 3 aromatic heterocycles. The van der Waals surface area contributed by atoms with Crippen molar-refractivity contribution in [3.05, 3.63) is 118 Å². The van der Waals surface area contributed by atoms with Crippen molar-refractivity contribution in [2.75, 3.05) is 24.2 Å². The van der Waals surface area contributed by atoms with Gasteiger partial charge in [0.25, 0.3) is 0 Å². The molecule has 0 amide bonds. The van der Waals surface area contributed by atoms with Crippen LogP contribution < -0.4 is 15.4 Å². The van der Waals surface area contributed by atoms with Crippen LogP contribution in [-0.4, -0.2) is 47.2 Å². The summed E-state index contributed by atoms with van der Waals surface area (Å²) in [4.78, 5) is 17.6. The lowest BCUT2D eigenvalue weighted by Crippen LogP contribution is -2.25. The highest BCUT2D eigenvalue weighted by molar-refractivity contribution is 7.91. The van der Waals surface area contributed by atoms with Crippen molar-refractivity contribution in [3.8, 4) is 17.0 Å². The number of thiazole rings is 1. The second kappa shape index (κ2) is 14.3. The van der Waals surface area contributed by atoms with Gasteiger partial charge in [0.2, 0.25) is 0 Å². The molecule has 0 atom stereocenters. The first kappa shape index (κ1) is 31.5. The fraction of sp³-hybridized carbons (Fsp3) is 0.152. The van der Waals surface area contributed by atoms with Crippen LogP contribution in [0.2, 0.25) is 5.02 Å². The minimum Gasteiger partial charge on any atom is -0.487 e. The predicted molar refractivity (Wildman–Crippen MR) is 179 cm³/mol. The molecular weight excluding hydrogens is 647 g/mol. The zero-order valence-electron chi connectivity index (χ0n) is 24.4. The lowest BCUT2D eigenvalue weighted by molar-refractivity contribution is 0.306. The lowest BCUT2D eigenvalue weighted by Gasteiger charge is -2.12. The summed E-state index contributed by atoms with van der Waals surface area (Å²) in [5, 5.41) is 10.8. The van der Waals surface area contributed by atoms with Gasteiger partial charge in [-0.05, 0) is 60.2 Å². The van der Waals surface area contributed by atoms with Gasteiger partial charge in [0.05, 0.1) is 27.0 Å². The van der Waals surface area contributed by atoms with E-state index in [1.165, 1.54) is 30.7 Å². The van der Waals surface area contributed by atoms with Gasteiger partial charge in [-0.3, -0.25) is 0 Å². The van der Waals surface area contributed by atoms with E-state index in [0.29, 0.717) is 47.4 Å². The SMILES string of the molecule is O=S(=O)(CCNCCc1nc(-c2ccc3ncnc(Nc4ccc(OCc5cccc(F)c5)c(Cl)c4)c3c2)cs1)c1ccccn1. The van der Waals surface area contributed by atoms with Crippen molar-refractivity contribution >= 4 is 55.2 Å². The number of nitrogens with one attached hydrogen (secondary N) is 2. The number of rotatable bonds is 13. The fourth-order valence-electron chi connectivity index (χ4n) is 4.66. The minimum absolute atomic E-state index is 0.0244. The minimum atomic E-state index is -3.42. The summed E-state index contributed by atoms with van der Waals surface area (Å²) in [6, 6.07) is 22.3. The van der Waals surface area contributed by atoms with Crippen LogP contribution in [0.25, 0.3) is 22.2 Å². The molecule has 0 radical (unpaired) electrons. The maximum atomic E-state index is 13.5. The van der Waals surface area contributed by atoms with Crippen molar-refractivity contribution < 1.29 is 17.5 Å². The Labute approximate surface area is 274 Å². The van der Waals surface area contributed by atoms with E-state index in [0.717, 1.165) is 27.2 Å². The van der Waals surface area contributed by atoms with Crippen LogP contribution in [0.4, 0.5) is 15.9 Å². The van der Waals surface area contributed by atoms with E-state index in [-0.39, 0.29) is 23.2 Å². The molecule has 0 bridgehead atoms. The molecule has 3 heterocycles. The number of fused-ring (bicyclic) bond motifs is 1. The first-order valence-electron chi connectivity index (χ1n) is 14.3. The molecule has 3 aromatic carbocycles. The third kappa shape index (κ3) is 7.83. The number of sulfone groups is 1. The molecule has 2 N–H and O–H groups in total. The molecule has 46 heavy (non-hydrogen) atoms. The van der Waals surface area contributed by atoms with Gasteiger partial charge in [-0.15, -0.1) is 11.3 Å². The summed E-state index contributed by atoms with van der Waals surface area (Å²) >= 11 is 8.06. The molecule has 0 aliphatic carbocycles. The first-order chi connectivity index (χ1) is 22.3. The molecule has 9 nitrogen and oxygen atoms in total. The number of ether oxygens (including phenoxy) is 1. The predicted octanol–water partition coefficient (Wildman–Crippen LogP) is 6.87. The zero-order chi connectivity index (χ0) is 31.9. The Kier molecular flexibility index (Phi) is 9.79. The van der Waals surface area contributed by atoms with Crippen molar-refractivity contribution in [1.82, 2.24) is 25.3 Å². The van der Waals surface area contributed by atoms with Crippen molar-refractivity contribution in [3.63, 3.8) is 0 Å². The zero-order valence-corrected chi connectivity index (χ0v) is 26.7. The largest absolute Gasteiger partial charge is 0.487 e. The maximum absolute atomic E-state index is 13.5. The van der Waals surface area contributed by atoms with Crippen molar-refractivity contribution in [1.29, 1.82) is 0 Å². The van der Waals surface area contributed by atoms with Gasteiger partial charge in [0, 0.05) is 47.7 Å². The number of pyridine rings is 1. The Bertz CT molecular complexity index is 2080. The number of nitrogens with zero attached hydrogens (tertiary/aromatic N) is 4. The molecule has 6 aromatic rings. The van der Waals surface area contributed by atoms with Crippen LogP contribution >= 0.6 is 22.9 Å². The highest BCUT2D eigenvalue weighted by atomic mass is 35.5. The maximum Gasteiger partial charge on any atom is 0.196 e. The van der Waals surface area contributed by atoms with E-state index in [9.17, 15) is 12.8 Å². The molecule has 0 fully saturated rings. The third-order valence-corrected chi connectivity index (χ3v) is 9.80. The quantitative estimate of drug-likeness (QED) is 0.127. The van der Waals surface area contributed by atoms with Crippen LogP contribution in [0.1, 0.15) is 10.6 Å². The highest BCUT2D eigenvalue weighted by Gasteiger charge is 2.15. The van der Waals surface area contributed by atoms with E-state index in [2.05, 4.69) is 25.6 Å². The smallest absolute Gasteiger partial charge is 0.196 e. The number of hydrogen-bond donors (Lipinski definition) is 2. The van der Waals surface area contributed by atoms with Crippen LogP contribution in [0.5, 0.6) is 5.75 Å². The molecule has 234 valence electrons. The van der Waals surface area contributed by atoms with E-state index < -0.39 is 9.84 Å². The topological polar surface area (TPSA) is 119 Å². The molecule has 0 unspecified atom stereocenters. The highest BCUT2D eigenvalue weighted by Crippen LogP contribution is 2.32. The normalized spacial score (nSPS) is 11.5. The molecule has 0 aliphatic rings. The summed E-state index contributed by atoms with van der Waals surface area (Å²) in [7, 11) is -3.42. The van der Waals surface area contributed by atoms with Gasteiger partial charge < -0.3 is 15.4 Å². The molecule has 13 heteroatoms. The number of aromatic nitrogens is 4. The molecule has 6 rings (SSSR count). The van der Waals surface area contributed by atoms with Gasteiger partial charge in [-0.25, -0.2) is 32.7 Å². The van der Waals surface area contributed by atoms with Crippen molar-refractivity contribution in [2.24, 2.45) is 0 Å². The number of anilines is 2. The second-order valence-electron chi connectivity index (χ2n) is 10.3. The van der Waals surface area contributed by atoms with E-state index in [4.69, 9.17) is 21.3 Å². The van der Waals surface area contributed by atoms with Crippen molar-refractivity contribution in [2.45, 2.75) is 18.1 Å². The second-order valence-corrected chi connectivity index (χ2v) is 13.7. The monoisotopic (exact) mass is 674 g/mol. The van der Waals surface area contributed by atoms with E-state index >= 15 is 0 Å². The van der Waals surface area contributed by atoms with Gasteiger partial charge >= 0.3 is 0 Å². The van der Waals surface area contributed by atoms with E-state index in [1.54, 1.807) is 47.7 Å². The average molecular weight is 675 g/mol. The number of benzene rings is 3. The molecule has 0 aliphatic heterocycles. The summed E-state index contributed by atoms with van der Waals surface area (Å²) in [6.45, 7) is 1.12. The summed E-state index contributed by atoms with van der Waals surface area (Å²) < 4.78 is 44.1. The summed E-state index contributed by atoms with van der Waals surface area (Å²) in [5.74, 6) is 0.746. The van der Waals surface area contributed by atoms with Gasteiger partial charge in [0.1, 0.15) is 30.3 Å². The van der Waals surface area contributed by atoms with Crippen LogP contribution in [0.15, 0.2) is 102 Å². The first-order valence-corrected chi connectivity index (χ1v) is 17.2. The third-order valence-electron chi connectivity index (χ3n) is 6.98. The molecule has 0 saturated heterocycles. The van der Waals surface area contributed by atoms with Gasteiger partial charge in [0.15, 0.2) is 14.9 Å². The van der Waals surface area contributed by atoms with Crippen LogP contribution in [0.3, 0.4) is 0 Å². The van der Waals surface area contributed by atoms with Crippen LogP contribution in [-0.2, 0) is 22.9 Å². The van der Waals surface area contributed by atoms with Gasteiger partial charge in [-0.1, -0.05) is 35.9 Å². The molecule has 0 spiro atoms. The lowest BCUT2D eigenvalue weighted by atomic mass is 10.1. The number of hydrogen-bond acceptors (Lipinski definition) is 10. The summed E-state index contributed by atoms with van der Waals surface area (Å²) in [5.41, 5.74) is 3.93. The van der Waals surface area contributed by atoms with Gasteiger partial charge in [-0.2, -0.15) is 0 Å². The fourth-order valence-corrected chi connectivity index (χ4v) is 6.83. The Morgan fingerprint density at radius 3 is 2.67 bits per heavy atom. The Morgan fingerprint density at radius 1 is 0.935 bits per heavy atom. The Balaban J connectivity index is 1.08. The molecule has 0 saturated carbocycles. The van der Waals surface area contributed by atoms with E-state index in [1.807, 2.05) is 29.6 Å². The number of halogens is 2. The average Bonchev–Trinajstić information content (AvgIpc) is 3.54. The summed E-state index contributed by atoms with van der Waals surface area (Å²) in [6.07, 6.45) is 3.64. The Morgan fingerprint density at radius 2 is 1.85 bits per heavy atom. The Hall–Kier alpha value is -4.49. The standard InChI is InChI=1S/C33H28ClFN6O3S2/c34-27-18-25(8-10-30(27)44-19-22-4-3-5-24(35)16-22)40-33-26-17-23(7-9-28(26)38-21-39-33)29-20-45-31(41-29)11-13-36-14-15-46(42,43)32-6-1-2-12-37-32/h1-10,12,16-18,20-21,36H,11,13-15,19H2,(H,38,39,40). The van der Waals surface area contributed by atoms with Crippen LogP contribution in [0, 0.1) is 5.82 Å². The molecular formula is C33H28ClFN6O3S2.